The van der Waals surface area contributed by atoms with Crippen LogP contribution >= 0.6 is 0 Å². The summed E-state index contributed by atoms with van der Waals surface area (Å²) >= 11 is 0. The molecule has 4 nitrogen and oxygen atoms in total. The van der Waals surface area contributed by atoms with Crippen LogP contribution in [-0.4, -0.2) is 42.0 Å². The van der Waals surface area contributed by atoms with E-state index < -0.39 is 30.7 Å². The van der Waals surface area contributed by atoms with Crippen LogP contribution in [-0.2, 0) is 9.53 Å². The molecule has 3 unspecified atom stereocenters. The standard InChI is InChI=1S/C10H16F3NO3/c1-6(4-10(11,12)13)14-5-7-2-3-8(17-7)9(15)16/h6-8,14H,2-5H2,1H3,(H,15,16). The number of halogens is 3. The second-order valence-electron chi connectivity index (χ2n) is 4.29. The molecule has 0 aliphatic carbocycles. The van der Waals surface area contributed by atoms with Crippen LogP contribution in [0.15, 0.2) is 0 Å². The van der Waals surface area contributed by atoms with E-state index in [0.29, 0.717) is 12.8 Å². The molecular formula is C10H16F3NO3. The highest BCUT2D eigenvalue weighted by molar-refractivity contribution is 5.72. The second kappa shape index (κ2) is 5.68. The molecule has 0 radical (unpaired) electrons. The lowest BCUT2D eigenvalue weighted by molar-refractivity contribution is -0.149. The second-order valence-corrected chi connectivity index (χ2v) is 4.29. The third-order valence-electron chi connectivity index (χ3n) is 2.61. The molecule has 3 atom stereocenters. The van der Waals surface area contributed by atoms with E-state index in [0.717, 1.165) is 0 Å². The number of rotatable bonds is 5. The van der Waals surface area contributed by atoms with Gasteiger partial charge in [-0.2, -0.15) is 13.2 Å². The molecule has 1 fully saturated rings. The fourth-order valence-electron chi connectivity index (χ4n) is 1.79. The smallest absolute Gasteiger partial charge is 0.390 e. The average Bonchev–Trinajstić information content (AvgIpc) is 2.60. The predicted octanol–water partition coefficient (Wildman–Crippen LogP) is 1.55. The number of aliphatic carboxylic acids is 1. The molecule has 0 saturated carbocycles. The van der Waals surface area contributed by atoms with Gasteiger partial charge in [0.15, 0.2) is 6.10 Å². The maximum atomic E-state index is 12.0. The van der Waals surface area contributed by atoms with Crippen molar-refractivity contribution in [1.29, 1.82) is 0 Å². The first kappa shape index (κ1) is 14.2. The summed E-state index contributed by atoms with van der Waals surface area (Å²) in [6, 6.07) is -0.692. The minimum absolute atomic E-state index is 0.251. The van der Waals surface area contributed by atoms with Gasteiger partial charge in [0.25, 0.3) is 0 Å². The molecule has 1 aliphatic rings. The molecule has 0 aromatic heterocycles. The number of nitrogens with one attached hydrogen (secondary N) is 1. The van der Waals surface area contributed by atoms with Gasteiger partial charge in [0.05, 0.1) is 12.5 Å². The van der Waals surface area contributed by atoms with E-state index in [1.54, 1.807) is 0 Å². The normalized spacial score (nSPS) is 27.1. The van der Waals surface area contributed by atoms with E-state index in [4.69, 9.17) is 9.84 Å². The summed E-state index contributed by atoms with van der Waals surface area (Å²) in [5.74, 6) is -1.02. The van der Waals surface area contributed by atoms with Gasteiger partial charge in [-0.05, 0) is 19.8 Å². The Bertz CT molecular complexity index is 270. The lowest BCUT2D eigenvalue weighted by Gasteiger charge is -2.18. The Morgan fingerprint density at radius 2 is 2.18 bits per heavy atom. The van der Waals surface area contributed by atoms with Gasteiger partial charge in [0, 0.05) is 12.6 Å². The predicted molar refractivity (Wildman–Crippen MR) is 53.7 cm³/mol. The van der Waals surface area contributed by atoms with E-state index in [1.165, 1.54) is 6.92 Å². The van der Waals surface area contributed by atoms with Gasteiger partial charge in [-0.15, -0.1) is 0 Å². The molecule has 17 heavy (non-hydrogen) atoms. The van der Waals surface area contributed by atoms with E-state index in [9.17, 15) is 18.0 Å². The lowest BCUT2D eigenvalue weighted by atomic mass is 10.2. The van der Waals surface area contributed by atoms with Gasteiger partial charge in [-0.3, -0.25) is 0 Å². The fraction of sp³-hybridized carbons (Fsp3) is 0.900. The zero-order valence-electron chi connectivity index (χ0n) is 9.46. The van der Waals surface area contributed by atoms with Gasteiger partial charge in [0.1, 0.15) is 0 Å². The highest BCUT2D eigenvalue weighted by Crippen LogP contribution is 2.22. The summed E-state index contributed by atoms with van der Waals surface area (Å²) in [5, 5.41) is 11.4. The van der Waals surface area contributed by atoms with Gasteiger partial charge in [-0.1, -0.05) is 0 Å². The summed E-state index contributed by atoms with van der Waals surface area (Å²) in [6.45, 7) is 1.69. The summed E-state index contributed by atoms with van der Waals surface area (Å²) in [7, 11) is 0. The maximum Gasteiger partial charge on any atom is 0.390 e. The summed E-state index contributed by atoms with van der Waals surface area (Å²) < 4.78 is 41.2. The third kappa shape index (κ3) is 5.36. The molecule has 1 heterocycles. The molecule has 2 N–H and O–H groups in total. The van der Waals surface area contributed by atoms with Gasteiger partial charge < -0.3 is 15.2 Å². The van der Waals surface area contributed by atoms with Crippen molar-refractivity contribution in [3.8, 4) is 0 Å². The zero-order valence-corrected chi connectivity index (χ0v) is 9.46. The number of carbonyl (C=O) groups is 1. The van der Waals surface area contributed by atoms with Crippen molar-refractivity contribution in [1.82, 2.24) is 5.32 Å². The number of carboxylic acids is 1. The Morgan fingerprint density at radius 1 is 1.53 bits per heavy atom. The monoisotopic (exact) mass is 255 g/mol. The van der Waals surface area contributed by atoms with Crippen LogP contribution in [0.4, 0.5) is 13.2 Å². The Balaban J connectivity index is 2.21. The topological polar surface area (TPSA) is 58.6 Å². The van der Waals surface area contributed by atoms with Gasteiger partial charge >= 0.3 is 12.1 Å². The first-order valence-electron chi connectivity index (χ1n) is 5.46. The number of hydrogen-bond acceptors (Lipinski definition) is 3. The third-order valence-corrected chi connectivity index (χ3v) is 2.61. The molecule has 1 saturated heterocycles. The Labute approximate surface area is 97.1 Å². The molecular weight excluding hydrogens is 239 g/mol. The largest absolute Gasteiger partial charge is 0.479 e. The van der Waals surface area contributed by atoms with Crippen molar-refractivity contribution < 1.29 is 27.8 Å². The van der Waals surface area contributed by atoms with Gasteiger partial charge in [-0.25, -0.2) is 4.79 Å². The molecule has 1 aliphatic heterocycles. The van der Waals surface area contributed by atoms with Crippen LogP contribution in [0.25, 0.3) is 0 Å². The molecule has 7 heteroatoms. The number of ether oxygens (including phenoxy) is 1. The van der Waals surface area contributed by atoms with Crippen molar-refractivity contribution >= 4 is 5.97 Å². The number of carboxylic acid groups (broad SMARTS) is 1. The van der Waals surface area contributed by atoms with Crippen molar-refractivity contribution in [3.05, 3.63) is 0 Å². The van der Waals surface area contributed by atoms with Crippen LogP contribution in [0.1, 0.15) is 26.2 Å². The van der Waals surface area contributed by atoms with Crippen LogP contribution in [0.2, 0.25) is 0 Å². The molecule has 0 aromatic rings. The average molecular weight is 255 g/mol. The first-order valence-corrected chi connectivity index (χ1v) is 5.46. The Hall–Kier alpha value is -0.820. The van der Waals surface area contributed by atoms with Crippen LogP contribution in [0, 0.1) is 0 Å². The molecule has 1 rings (SSSR count). The first-order chi connectivity index (χ1) is 7.78. The minimum Gasteiger partial charge on any atom is -0.479 e. The van der Waals surface area contributed by atoms with Crippen molar-refractivity contribution in [2.24, 2.45) is 0 Å². The molecule has 0 bridgehead atoms. The Morgan fingerprint density at radius 3 is 2.65 bits per heavy atom. The van der Waals surface area contributed by atoms with Crippen LogP contribution in [0.3, 0.4) is 0 Å². The molecule has 0 spiro atoms. The molecule has 0 amide bonds. The van der Waals surface area contributed by atoms with Gasteiger partial charge in [0.2, 0.25) is 0 Å². The SMILES string of the molecule is CC(CC(F)(F)F)NCC1CCC(C(=O)O)O1. The lowest BCUT2D eigenvalue weighted by Crippen LogP contribution is -2.37. The summed E-state index contributed by atoms with van der Waals surface area (Å²) in [4.78, 5) is 10.6. The molecule has 0 aromatic carbocycles. The van der Waals surface area contributed by atoms with E-state index in [-0.39, 0.29) is 12.6 Å². The zero-order chi connectivity index (χ0) is 13.1. The maximum absolute atomic E-state index is 12.0. The minimum atomic E-state index is -4.19. The van der Waals surface area contributed by atoms with Crippen molar-refractivity contribution in [2.75, 3.05) is 6.54 Å². The Kier molecular flexibility index (Phi) is 4.76. The van der Waals surface area contributed by atoms with E-state index in [1.807, 2.05) is 0 Å². The highest BCUT2D eigenvalue weighted by atomic mass is 19.4. The quantitative estimate of drug-likeness (QED) is 0.782. The highest BCUT2D eigenvalue weighted by Gasteiger charge is 2.32. The van der Waals surface area contributed by atoms with Crippen molar-refractivity contribution in [2.45, 2.75) is 50.6 Å². The molecule has 100 valence electrons. The number of alkyl halides is 3. The summed E-state index contributed by atoms with van der Waals surface area (Å²) in [6.07, 6.45) is -5.25. The van der Waals surface area contributed by atoms with E-state index in [2.05, 4.69) is 5.32 Å². The number of hydrogen-bond donors (Lipinski definition) is 2. The fourth-order valence-corrected chi connectivity index (χ4v) is 1.79. The van der Waals surface area contributed by atoms with E-state index >= 15 is 0 Å². The van der Waals surface area contributed by atoms with Crippen LogP contribution < -0.4 is 5.32 Å². The van der Waals surface area contributed by atoms with Crippen molar-refractivity contribution in [3.63, 3.8) is 0 Å². The summed E-state index contributed by atoms with van der Waals surface area (Å²) in [5.41, 5.74) is 0. The van der Waals surface area contributed by atoms with Crippen LogP contribution in [0.5, 0.6) is 0 Å².